The number of carbonyl (C=O) groups is 1. The molecule has 0 radical (unpaired) electrons. The number of aromatic nitrogens is 2. The van der Waals surface area contributed by atoms with Crippen molar-refractivity contribution in [3.05, 3.63) is 5.82 Å². The first kappa shape index (κ1) is 14.6. The number of piperidine rings is 1. The number of carbonyl (C=O) groups excluding carboxylic acids is 1. The molecular weight excluding hydrogens is 288 g/mol. The lowest BCUT2D eigenvalue weighted by Crippen LogP contribution is -2.43. The topological polar surface area (TPSA) is 67.3 Å². The molecule has 0 bridgehead atoms. The number of nitrogens with zero attached hydrogens (tertiary/aromatic N) is 3. The van der Waals surface area contributed by atoms with Crippen molar-refractivity contribution in [2.24, 2.45) is 0 Å². The van der Waals surface area contributed by atoms with Gasteiger partial charge in [-0.05, 0) is 39.5 Å². The van der Waals surface area contributed by atoms with Gasteiger partial charge >= 0.3 is 6.09 Å². The van der Waals surface area contributed by atoms with Gasteiger partial charge in [-0.25, -0.2) is 9.78 Å². The maximum atomic E-state index is 11.8. The van der Waals surface area contributed by atoms with Crippen LogP contribution in [0.4, 0.5) is 9.93 Å². The van der Waals surface area contributed by atoms with Crippen molar-refractivity contribution in [1.82, 2.24) is 14.3 Å². The van der Waals surface area contributed by atoms with Crippen LogP contribution < -0.4 is 5.32 Å². The van der Waals surface area contributed by atoms with Gasteiger partial charge in [-0.1, -0.05) is 0 Å². The Kier molecular flexibility index (Phi) is 4.28. The first-order valence-electron chi connectivity index (χ1n) is 7.67. The summed E-state index contributed by atoms with van der Waals surface area (Å²) in [5.74, 6) is 1.60. The minimum Gasteiger partial charge on any atom is -0.447 e. The van der Waals surface area contributed by atoms with E-state index in [1.54, 1.807) is 4.90 Å². The summed E-state index contributed by atoms with van der Waals surface area (Å²) in [6.07, 6.45) is 4.04. The van der Waals surface area contributed by atoms with E-state index in [1.165, 1.54) is 24.4 Å². The highest BCUT2D eigenvalue weighted by molar-refractivity contribution is 7.09. The molecule has 1 aliphatic heterocycles. The van der Waals surface area contributed by atoms with Crippen molar-refractivity contribution >= 4 is 22.8 Å². The van der Waals surface area contributed by atoms with Crippen molar-refractivity contribution in [2.75, 3.05) is 18.4 Å². The van der Waals surface area contributed by atoms with Crippen molar-refractivity contribution in [3.63, 3.8) is 0 Å². The van der Waals surface area contributed by atoms with E-state index in [4.69, 9.17) is 4.74 Å². The molecule has 1 saturated heterocycles. The van der Waals surface area contributed by atoms with Crippen LogP contribution in [0.3, 0.4) is 0 Å². The fourth-order valence-electron chi connectivity index (χ4n) is 2.46. The third-order valence-electron chi connectivity index (χ3n) is 3.80. The highest BCUT2D eigenvalue weighted by atomic mass is 32.1. The monoisotopic (exact) mass is 310 g/mol. The van der Waals surface area contributed by atoms with E-state index in [1.807, 2.05) is 13.8 Å². The van der Waals surface area contributed by atoms with Crippen LogP contribution in [0.1, 0.15) is 51.3 Å². The van der Waals surface area contributed by atoms with E-state index in [0.29, 0.717) is 12.0 Å². The molecule has 1 aromatic heterocycles. The molecule has 2 aliphatic rings. The van der Waals surface area contributed by atoms with Crippen LogP contribution in [-0.4, -0.2) is 45.6 Å². The molecule has 21 heavy (non-hydrogen) atoms. The molecule has 0 aromatic carbocycles. The first-order valence-corrected chi connectivity index (χ1v) is 8.45. The van der Waals surface area contributed by atoms with E-state index in [0.717, 1.165) is 36.9 Å². The second-order valence-corrected chi connectivity index (χ2v) is 6.82. The summed E-state index contributed by atoms with van der Waals surface area (Å²) in [5, 5.41) is 4.37. The van der Waals surface area contributed by atoms with Crippen LogP contribution in [0.25, 0.3) is 0 Å². The van der Waals surface area contributed by atoms with Gasteiger partial charge < -0.3 is 15.0 Å². The molecule has 2 fully saturated rings. The van der Waals surface area contributed by atoms with Crippen LogP contribution >= 0.6 is 11.5 Å². The highest BCUT2D eigenvalue weighted by Gasteiger charge is 2.29. The second kappa shape index (κ2) is 6.17. The number of ether oxygens (including phenoxy) is 1. The lowest BCUT2D eigenvalue weighted by Gasteiger charge is -2.32. The van der Waals surface area contributed by atoms with E-state index in [9.17, 15) is 4.79 Å². The lowest BCUT2D eigenvalue weighted by atomic mass is 10.1. The number of nitrogens with one attached hydrogen (secondary N) is 1. The Morgan fingerprint density at radius 2 is 2.05 bits per heavy atom. The standard InChI is InChI=1S/C14H22N4O2S/c1-9(2)20-14(19)18-7-5-11(6-8-18)15-13-16-12(17-21-13)10-3-4-10/h9-11H,3-8H2,1-2H3,(H,15,16,17). The normalized spacial score (nSPS) is 19.9. The van der Waals surface area contributed by atoms with Crippen LogP contribution in [0.15, 0.2) is 0 Å². The molecule has 6 nitrogen and oxygen atoms in total. The summed E-state index contributed by atoms with van der Waals surface area (Å²) in [6, 6.07) is 0.369. The summed E-state index contributed by atoms with van der Waals surface area (Å²) >= 11 is 1.45. The van der Waals surface area contributed by atoms with E-state index < -0.39 is 0 Å². The summed E-state index contributed by atoms with van der Waals surface area (Å²) in [4.78, 5) is 18.2. The van der Waals surface area contributed by atoms with Crippen LogP contribution in [0.2, 0.25) is 0 Å². The Bertz CT molecular complexity index is 493. The van der Waals surface area contributed by atoms with Crippen molar-refractivity contribution in [3.8, 4) is 0 Å². The molecule has 1 aliphatic carbocycles. The zero-order valence-corrected chi connectivity index (χ0v) is 13.4. The minimum atomic E-state index is -0.199. The van der Waals surface area contributed by atoms with Gasteiger partial charge in [0.05, 0.1) is 6.10 Å². The molecule has 1 saturated carbocycles. The lowest BCUT2D eigenvalue weighted by molar-refractivity contribution is 0.0701. The molecular formula is C14H22N4O2S. The van der Waals surface area contributed by atoms with Gasteiger partial charge in [-0.15, -0.1) is 0 Å². The van der Waals surface area contributed by atoms with E-state index >= 15 is 0 Å². The van der Waals surface area contributed by atoms with Gasteiger partial charge in [0.25, 0.3) is 0 Å². The zero-order valence-electron chi connectivity index (χ0n) is 12.5. The number of anilines is 1. The summed E-state index contributed by atoms with van der Waals surface area (Å²) in [7, 11) is 0. The number of likely N-dealkylation sites (tertiary alicyclic amines) is 1. The Morgan fingerprint density at radius 1 is 1.33 bits per heavy atom. The highest BCUT2D eigenvalue weighted by Crippen LogP contribution is 2.39. The first-order chi connectivity index (χ1) is 10.1. The van der Waals surface area contributed by atoms with Crippen molar-refractivity contribution in [2.45, 2.75) is 57.6 Å². The Labute approximate surface area is 129 Å². The largest absolute Gasteiger partial charge is 0.447 e. The molecule has 0 atom stereocenters. The predicted molar refractivity (Wildman–Crippen MR) is 81.7 cm³/mol. The van der Waals surface area contributed by atoms with Crippen LogP contribution in [0.5, 0.6) is 0 Å². The Hall–Kier alpha value is -1.37. The number of amides is 1. The van der Waals surface area contributed by atoms with Crippen LogP contribution in [-0.2, 0) is 4.74 Å². The number of rotatable bonds is 4. The summed E-state index contributed by atoms with van der Waals surface area (Å²) in [5.41, 5.74) is 0. The maximum Gasteiger partial charge on any atom is 0.410 e. The van der Waals surface area contributed by atoms with Gasteiger partial charge in [-0.3, -0.25) is 0 Å². The van der Waals surface area contributed by atoms with Gasteiger partial charge in [-0.2, -0.15) is 4.37 Å². The SMILES string of the molecule is CC(C)OC(=O)N1CCC(Nc2nc(C3CC3)ns2)CC1. The molecule has 2 heterocycles. The molecule has 3 rings (SSSR count). The zero-order chi connectivity index (χ0) is 14.8. The maximum absolute atomic E-state index is 11.8. The van der Waals surface area contributed by atoms with Crippen molar-refractivity contribution < 1.29 is 9.53 Å². The number of hydrogen-bond acceptors (Lipinski definition) is 6. The number of hydrogen-bond donors (Lipinski definition) is 1. The van der Waals surface area contributed by atoms with Gasteiger partial charge in [0.1, 0.15) is 5.82 Å². The van der Waals surface area contributed by atoms with E-state index in [-0.39, 0.29) is 12.2 Å². The molecule has 1 aromatic rings. The van der Waals surface area contributed by atoms with Gasteiger partial charge in [0, 0.05) is 36.6 Å². The molecule has 0 spiro atoms. The van der Waals surface area contributed by atoms with Gasteiger partial charge in [0.15, 0.2) is 0 Å². The van der Waals surface area contributed by atoms with Gasteiger partial charge in [0.2, 0.25) is 5.13 Å². The summed E-state index contributed by atoms with van der Waals surface area (Å²) < 4.78 is 9.63. The molecule has 0 unspecified atom stereocenters. The smallest absolute Gasteiger partial charge is 0.410 e. The minimum absolute atomic E-state index is 0.0596. The molecule has 116 valence electrons. The third kappa shape index (κ3) is 3.84. The molecule has 1 N–H and O–H groups in total. The Morgan fingerprint density at radius 3 is 2.67 bits per heavy atom. The van der Waals surface area contributed by atoms with Crippen molar-refractivity contribution in [1.29, 1.82) is 0 Å². The van der Waals surface area contributed by atoms with Crippen LogP contribution in [0, 0.1) is 0 Å². The Balaban J connectivity index is 1.45. The fraction of sp³-hybridized carbons (Fsp3) is 0.786. The molecule has 7 heteroatoms. The predicted octanol–water partition coefficient (Wildman–Crippen LogP) is 2.84. The quantitative estimate of drug-likeness (QED) is 0.926. The van der Waals surface area contributed by atoms with E-state index in [2.05, 4.69) is 14.7 Å². The second-order valence-electron chi connectivity index (χ2n) is 6.07. The average Bonchev–Trinajstić information content (AvgIpc) is 3.20. The molecule has 1 amide bonds. The summed E-state index contributed by atoms with van der Waals surface area (Å²) in [6.45, 7) is 5.22. The third-order valence-corrected chi connectivity index (χ3v) is 4.46. The average molecular weight is 310 g/mol. The fourth-order valence-corrected chi connectivity index (χ4v) is 3.18.